The first-order valence-electron chi connectivity index (χ1n) is 7.65. The lowest BCUT2D eigenvalue weighted by atomic mass is 10.1. The van der Waals surface area contributed by atoms with Crippen LogP contribution in [-0.4, -0.2) is 21.8 Å². The fourth-order valence-corrected chi connectivity index (χ4v) is 2.69. The summed E-state index contributed by atoms with van der Waals surface area (Å²) < 4.78 is 5.21. The van der Waals surface area contributed by atoms with Crippen molar-refractivity contribution in [1.29, 1.82) is 0 Å². The van der Waals surface area contributed by atoms with Gasteiger partial charge >= 0.3 is 0 Å². The largest absolute Gasteiger partial charge is 0.333 e. The van der Waals surface area contributed by atoms with Gasteiger partial charge in [-0.2, -0.15) is 4.98 Å². The zero-order chi connectivity index (χ0) is 16.8. The van der Waals surface area contributed by atoms with Gasteiger partial charge in [0.1, 0.15) is 0 Å². The van der Waals surface area contributed by atoms with Gasteiger partial charge in [-0.15, -0.1) is 0 Å². The number of hydrogen-bond acceptors (Lipinski definition) is 5. The molecule has 0 spiro atoms. The molecule has 0 saturated heterocycles. The molecule has 1 N–H and O–H groups in total. The summed E-state index contributed by atoms with van der Waals surface area (Å²) in [5.41, 5.74) is 2.89. The number of carbonyl (C=O) groups excluding carboxylic acids is 1. The summed E-state index contributed by atoms with van der Waals surface area (Å²) in [6, 6.07) is 17.4. The van der Waals surface area contributed by atoms with E-state index in [1.54, 1.807) is 0 Å². The highest BCUT2D eigenvalue weighted by Gasteiger charge is 2.11. The maximum Gasteiger partial charge on any atom is 0.258 e. The molecule has 1 heterocycles. The van der Waals surface area contributed by atoms with Crippen molar-refractivity contribution in [3.8, 4) is 11.5 Å². The number of hydrogen-bond donors (Lipinski definition) is 1. The highest BCUT2D eigenvalue weighted by molar-refractivity contribution is 7.99. The lowest BCUT2D eigenvalue weighted by molar-refractivity contribution is -0.113. The molecule has 0 aliphatic carbocycles. The van der Waals surface area contributed by atoms with Crippen LogP contribution in [0.4, 0.5) is 5.69 Å². The summed E-state index contributed by atoms with van der Waals surface area (Å²) in [5, 5.41) is 7.20. The second kappa shape index (κ2) is 7.79. The van der Waals surface area contributed by atoms with E-state index in [0.29, 0.717) is 11.0 Å². The minimum Gasteiger partial charge on any atom is -0.333 e. The summed E-state index contributed by atoms with van der Waals surface area (Å²) in [7, 11) is 0. The topological polar surface area (TPSA) is 68.0 Å². The molecule has 122 valence electrons. The van der Waals surface area contributed by atoms with Crippen LogP contribution in [0.2, 0.25) is 0 Å². The standard InChI is InChI=1S/C18H17N3O2S/c1-2-13-8-10-15(11-9-13)19-16(22)12-24-18-20-17(23-21-18)14-6-4-3-5-7-14/h3-11H,2,12H2,1H3,(H,19,22). The molecule has 2 aromatic carbocycles. The molecule has 1 aromatic heterocycles. The second-order valence-corrected chi connectivity index (χ2v) is 6.08. The lowest BCUT2D eigenvalue weighted by Gasteiger charge is -2.04. The number of aryl methyl sites for hydroxylation is 1. The van der Waals surface area contributed by atoms with E-state index >= 15 is 0 Å². The first-order valence-corrected chi connectivity index (χ1v) is 8.64. The molecule has 5 nitrogen and oxygen atoms in total. The number of benzene rings is 2. The number of thioether (sulfide) groups is 1. The summed E-state index contributed by atoms with van der Waals surface area (Å²) in [6.07, 6.45) is 0.978. The van der Waals surface area contributed by atoms with E-state index in [1.165, 1.54) is 17.3 Å². The molecular weight excluding hydrogens is 322 g/mol. The Kier molecular flexibility index (Phi) is 5.28. The maximum atomic E-state index is 12.0. The second-order valence-electron chi connectivity index (χ2n) is 5.14. The van der Waals surface area contributed by atoms with Crippen molar-refractivity contribution >= 4 is 23.4 Å². The molecule has 1 amide bonds. The Bertz CT molecular complexity index is 801. The van der Waals surface area contributed by atoms with Gasteiger partial charge in [0.2, 0.25) is 11.1 Å². The van der Waals surface area contributed by atoms with Gasteiger partial charge in [-0.3, -0.25) is 4.79 Å². The van der Waals surface area contributed by atoms with Crippen LogP contribution < -0.4 is 5.32 Å². The monoisotopic (exact) mass is 339 g/mol. The number of rotatable bonds is 6. The minimum atomic E-state index is -0.102. The number of aromatic nitrogens is 2. The fraction of sp³-hybridized carbons (Fsp3) is 0.167. The van der Waals surface area contributed by atoms with Crippen LogP contribution >= 0.6 is 11.8 Å². The molecule has 0 bridgehead atoms. The van der Waals surface area contributed by atoms with Crippen molar-refractivity contribution in [2.45, 2.75) is 18.5 Å². The van der Waals surface area contributed by atoms with Crippen LogP contribution in [0, 0.1) is 0 Å². The van der Waals surface area contributed by atoms with Crippen molar-refractivity contribution in [1.82, 2.24) is 10.1 Å². The van der Waals surface area contributed by atoms with Gasteiger partial charge in [0.25, 0.3) is 5.89 Å². The molecule has 6 heteroatoms. The van der Waals surface area contributed by atoms with Gasteiger partial charge < -0.3 is 9.84 Å². The van der Waals surface area contributed by atoms with Crippen LogP contribution in [0.3, 0.4) is 0 Å². The Morgan fingerprint density at radius 3 is 2.58 bits per heavy atom. The van der Waals surface area contributed by atoms with Gasteiger partial charge in [-0.25, -0.2) is 0 Å². The van der Waals surface area contributed by atoms with E-state index in [-0.39, 0.29) is 11.7 Å². The van der Waals surface area contributed by atoms with Gasteiger partial charge in [0.15, 0.2) is 0 Å². The molecule has 0 unspecified atom stereocenters. The average molecular weight is 339 g/mol. The van der Waals surface area contributed by atoms with E-state index < -0.39 is 0 Å². The predicted molar refractivity (Wildman–Crippen MR) is 94.9 cm³/mol. The van der Waals surface area contributed by atoms with Crippen molar-refractivity contribution < 1.29 is 9.32 Å². The van der Waals surface area contributed by atoms with Crippen LogP contribution in [0.1, 0.15) is 12.5 Å². The summed E-state index contributed by atoms with van der Waals surface area (Å²) in [6.45, 7) is 2.10. The molecule has 0 atom stereocenters. The Morgan fingerprint density at radius 1 is 1.12 bits per heavy atom. The normalized spacial score (nSPS) is 10.5. The molecule has 0 aliphatic rings. The van der Waals surface area contributed by atoms with E-state index in [1.807, 2.05) is 54.6 Å². The fourth-order valence-electron chi connectivity index (χ4n) is 2.12. The Hall–Kier alpha value is -2.60. The molecule has 0 fully saturated rings. The first kappa shape index (κ1) is 16.3. The van der Waals surface area contributed by atoms with E-state index in [0.717, 1.165) is 17.7 Å². The third kappa shape index (κ3) is 4.23. The SMILES string of the molecule is CCc1ccc(NC(=O)CSc2noc(-c3ccccc3)n2)cc1. The number of amides is 1. The number of nitrogens with one attached hydrogen (secondary N) is 1. The highest BCUT2D eigenvalue weighted by atomic mass is 32.2. The molecule has 24 heavy (non-hydrogen) atoms. The maximum absolute atomic E-state index is 12.0. The minimum absolute atomic E-state index is 0.102. The molecule has 0 radical (unpaired) electrons. The van der Waals surface area contributed by atoms with E-state index in [4.69, 9.17) is 4.52 Å². The van der Waals surface area contributed by atoms with Crippen molar-refractivity contribution in [2.75, 3.05) is 11.1 Å². The van der Waals surface area contributed by atoms with Gasteiger partial charge in [0, 0.05) is 11.3 Å². The summed E-state index contributed by atoms with van der Waals surface area (Å²) in [5.74, 6) is 0.576. The zero-order valence-corrected chi connectivity index (χ0v) is 14.0. The Labute approximate surface area is 144 Å². The van der Waals surface area contributed by atoms with Crippen LogP contribution in [0.15, 0.2) is 64.3 Å². The van der Waals surface area contributed by atoms with Gasteiger partial charge in [-0.05, 0) is 41.4 Å². The Balaban J connectivity index is 1.53. The van der Waals surface area contributed by atoms with Crippen LogP contribution in [0.25, 0.3) is 11.5 Å². The van der Waals surface area contributed by atoms with Crippen molar-refractivity contribution in [3.05, 3.63) is 60.2 Å². The lowest BCUT2D eigenvalue weighted by Crippen LogP contribution is -2.14. The van der Waals surface area contributed by atoms with Gasteiger partial charge in [0.05, 0.1) is 5.75 Å². The van der Waals surface area contributed by atoms with E-state index in [2.05, 4.69) is 22.4 Å². The molecule has 3 rings (SSSR count). The molecule has 3 aromatic rings. The van der Waals surface area contributed by atoms with Crippen LogP contribution in [0.5, 0.6) is 0 Å². The smallest absolute Gasteiger partial charge is 0.258 e. The number of anilines is 1. The summed E-state index contributed by atoms with van der Waals surface area (Å²) in [4.78, 5) is 16.3. The first-order chi connectivity index (χ1) is 11.7. The van der Waals surface area contributed by atoms with Gasteiger partial charge in [-0.1, -0.05) is 49.0 Å². The average Bonchev–Trinajstić information content (AvgIpc) is 3.10. The number of nitrogens with zero attached hydrogens (tertiary/aromatic N) is 2. The van der Waals surface area contributed by atoms with Crippen LogP contribution in [-0.2, 0) is 11.2 Å². The highest BCUT2D eigenvalue weighted by Crippen LogP contribution is 2.21. The third-order valence-electron chi connectivity index (χ3n) is 3.41. The molecule has 0 saturated carbocycles. The van der Waals surface area contributed by atoms with Crippen molar-refractivity contribution in [3.63, 3.8) is 0 Å². The van der Waals surface area contributed by atoms with E-state index in [9.17, 15) is 4.79 Å². The third-order valence-corrected chi connectivity index (χ3v) is 4.24. The quantitative estimate of drug-likeness (QED) is 0.687. The number of carbonyl (C=O) groups is 1. The molecular formula is C18H17N3O2S. The Morgan fingerprint density at radius 2 is 1.88 bits per heavy atom. The molecule has 0 aliphatic heterocycles. The van der Waals surface area contributed by atoms with Crippen molar-refractivity contribution in [2.24, 2.45) is 0 Å². The summed E-state index contributed by atoms with van der Waals surface area (Å²) >= 11 is 1.24. The zero-order valence-electron chi connectivity index (χ0n) is 13.2. The predicted octanol–water partition coefficient (Wildman–Crippen LogP) is 4.03.